The first-order valence-corrected chi connectivity index (χ1v) is 8.12. The molecule has 19 heavy (non-hydrogen) atoms. The highest BCUT2D eigenvalue weighted by Gasteiger charge is 2.24. The van der Waals surface area contributed by atoms with Crippen molar-refractivity contribution in [2.45, 2.75) is 36.6 Å². The van der Waals surface area contributed by atoms with Crippen molar-refractivity contribution in [3.8, 4) is 0 Å². The van der Waals surface area contributed by atoms with Gasteiger partial charge in [0.1, 0.15) is 4.90 Å². The Morgan fingerprint density at radius 2 is 1.89 bits per heavy atom. The molecular weight excluding hydrogens is 336 g/mol. The van der Waals surface area contributed by atoms with Crippen LogP contribution in [0.2, 0.25) is 10.0 Å². The van der Waals surface area contributed by atoms with Gasteiger partial charge in [0.2, 0.25) is 10.0 Å². The number of benzene rings is 1. The number of hydrogen-bond acceptors (Lipinski definition) is 2. The lowest BCUT2D eigenvalue weighted by Crippen LogP contribution is -2.34. The number of halogens is 4. The van der Waals surface area contributed by atoms with Crippen LogP contribution in [0.5, 0.6) is 0 Å². The highest BCUT2D eigenvalue weighted by Crippen LogP contribution is 2.29. The number of sulfonamides is 1. The molecule has 2 unspecified atom stereocenters. The molecule has 0 aliphatic carbocycles. The van der Waals surface area contributed by atoms with Gasteiger partial charge in [0, 0.05) is 11.4 Å². The highest BCUT2D eigenvalue weighted by molar-refractivity contribution is 7.89. The van der Waals surface area contributed by atoms with E-state index in [2.05, 4.69) is 4.72 Å². The second-order valence-corrected chi connectivity index (χ2v) is 7.42. The molecule has 0 saturated carbocycles. The van der Waals surface area contributed by atoms with E-state index in [-0.39, 0.29) is 15.3 Å². The van der Waals surface area contributed by atoms with Gasteiger partial charge >= 0.3 is 0 Å². The molecule has 8 heteroatoms. The lowest BCUT2D eigenvalue weighted by atomic mass is 10.2. The SMILES string of the molecule is CC(Cl)CC(C)NS(=O)(=O)c1ccc(Cl)c(F)c1Cl. The maximum Gasteiger partial charge on any atom is 0.242 e. The molecule has 1 rings (SSSR count). The molecule has 0 saturated heterocycles. The molecule has 0 bridgehead atoms. The molecule has 108 valence electrons. The summed E-state index contributed by atoms with van der Waals surface area (Å²) in [5.41, 5.74) is 0. The molecule has 0 aromatic heterocycles. The van der Waals surface area contributed by atoms with Crippen LogP contribution in [0.25, 0.3) is 0 Å². The third-order valence-electron chi connectivity index (χ3n) is 2.32. The topological polar surface area (TPSA) is 46.2 Å². The van der Waals surface area contributed by atoms with Crippen LogP contribution in [0.3, 0.4) is 0 Å². The summed E-state index contributed by atoms with van der Waals surface area (Å²) >= 11 is 17.0. The summed E-state index contributed by atoms with van der Waals surface area (Å²) in [7, 11) is -3.91. The maximum absolute atomic E-state index is 13.5. The molecule has 0 aliphatic rings. The Hall–Kier alpha value is -0.0700. The monoisotopic (exact) mass is 347 g/mol. The Bertz CT molecular complexity index is 563. The van der Waals surface area contributed by atoms with Crippen molar-refractivity contribution in [2.75, 3.05) is 0 Å². The first kappa shape index (κ1) is 17.0. The Morgan fingerprint density at radius 3 is 2.42 bits per heavy atom. The molecule has 1 N–H and O–H groups in total. The van der Waals surface area contributed by atoms with Crippen LogP contribution in [0.1, 0.15) is 20.3 Å². The van der Waals surface area contributed by atoms with Crippen LogP contribution in [0.4, 0.5) is 4.39 Å². The van der Waals surface area contributed by atoms with E-state index < -0.39 is 26.9 Å². The number of hydrogen-bond donors (Lipinski definition) is 1. The van der Waals surface area contributed by atoms with E-state index in [4.69, 9.17) is 34.8 Å². The third kappa shape index (κ3) is 4.46. The molecule has 0 fully saturated rings. The minimum absolute atomic E-state index is 0.185. The zero-order valence-corrected chi connectivity index (χ0v) is 13.3. The molecule has 2 atom stereocenters. The van der Waals surface area contributed by atoms with E-state index in [0.717, 1.165) is 12.1 Å². The van der Waals surface area contributed by atoms with Crippen molar-refractivity contribution in [2.24, 2.45) is 0 Å². The van der Waals surface area contributed by atoms with Gasteiger partial charge in [0.15, 0.2) is 5.82 Å². The predicted octanol–water partition coefficient (Wildman–Crippen LogP) is 3.82. The molecular formula is C11H13Cl3FNO2S. The zero-order chi connectivity index (χ0) is 14.8. The molecule has 0 radical (unpaired) electrons. The van der Waals surface area contributed by atoms with Crippen molar-refractivity contribution in [1.29, 1.82) is 0 Å². The van der Waals surface area contributed by atoms with Gasteiger partial charge < -0.3 is 0 Å². The van der Waals surface area contributed by atoms with Gasteiger partial charge in [-0.1, -0.05) is 23.2 Å². The van der Waals surface area contributed by atoms with Crippen LogP contribution in [-0.4, -0.2) is 19.8 Å². The first-order chi connectivity index (χ1) is 8.65. The maximum atomic E-state index is 13.5. The van der Waals surface area contributed by atoms with E-state index in [1.54, 1.807) is 13.8 Å². The fourth-order valence-electron chi connectivity index (χ4n) is 1.58. The Balaban J connectivity index is 3.05. The summed E-state index contributed by atoms with van der Waals surface area (Å²) in [6.45, 7) is 3.41. The first-order valence-electron chi connectivity index (χ1n) is 5.45. The second-order valence-electron chi connectivity index (χ2n) is 4.21. The molecule has 3 nitrogen and oxygen atoms in total. The lowest BCUT2D eigenvalue weighted by Gasteiger charge is -2.16. The van der Waals surface area contributed by atoms with Crippen molar-refractivity contribution < 1.29 is 12.8 Å². The van der Waals surface area contributed by atoms with Crippen molar-refractivity contribution in [3.63, 3.8) is 0 Å². The van der Waals surface area contributed by atoms with E-state index in [0.29, 0.717) is 6.42 Å². The van der Waals surface area contributed by atoms with Crippen LogP contribution in [0, 0.1) is 5.82 Å². The predicted molar refractivity (Wildman–Crippen MR) is 76.1 cm³/mol. The molecule has 1 aromatic carbocycles. The Labute approximate surface area is 127 Å². The normalized spacial score (nSPS) is 15.3. The van der Waals surface area contributed by atoms with Crippen LogP contribution in [-0.2, 0) is 10.0 Å². The van der Waals surface area contributed by atoms with Crippen molar-refractivity contribution >= 4 is 44.8 Å². The molecule has 0 amide bonds. The molecule has 1 aromatic rings. The fourth-order valence-corrected chi connectivity index (χ4v) is 3.85. The molecule has 0 spiro atoms. The van der Waals surface area contributed by atoms with Gasteiger partial charge in [-0.05, 0) is 32.4 Å². The van der Waals surface area contributed by atoms with E-state index in [1.165, 1.54) is 0 Å². The summed E-state index contributed by atoms with van der Waals surface area (Å²) in [6, 6.07) is 1.91. The van der Waals surface area contributed by atoms with E-state index in [9.17, 15) is 12.8 Å². The fraction of sp³-hybridized carbons (Fsp3) is 0.455. The Morgan fingerprint density at radius 1 is 1.32 bits per heavy atom. The van der Waals surface area contributed by atoms with Gasteiger partial charge in [-0.25, -0.2) is 17.5 Å². The standard InChI is InChI=1S/C11H13Cl3FNO2S/c1-6(12)5-7(2)16-19(17,18)9-4-3-8(13)11(15)10(9)14/h3-4,6-7,16H,5H2,1-2H3. The smallest absolute Gasteiger partial charge is 0.208 e. The summed E-state index contributed by atoms with van der Waals surface area (Å²) in [5.74, 6) is -0.954. The highest BCUT2D eigenvalue weighted by atomic mass is 35.5. The van der Waals surface area contributed by atoms with Crippen molar-refractivity contribution in [1.82, 2.24) is 4.72 Å². The average molecular weight is 349 g/mol. The molecule has 0 aliphatic heterocycles. The van der Waals surface area contributed by atoms with E-state index >= 15 is 0 Å². The quantitative estimate of drug-likeness (QED) is 0.649. The van der Waals surface area contributed by atoms with Crippen molar-refractivity contribution in [3.05, 3.63) is 28.0 Å². The van der Waals surface area contributed by atoms with Crippen LogP contribution < -0.4 is 4.72 Å². The summed E-state index contributed by atoms with van der Waals surface area (Å²) in [5, 5.41) is -0.937. The number of nitrogens with one attached hydrogen (secondary N) is 1. The summed E-state index contributed by atoms with van der Waals surface area (Å²) in [4.78, 5) is -0.342. The largest absolute Gasteiger partial charge is 0.242 e. The van der Waals surface area contributed by atoms with Crippen LogP contribution in [0.15, 0.2) is 17.0 Å². The van der Waals surface area contributed by atoms with E-state index in [1.807, 2.05) is 0 Å². The second kappa shape index (κ2) is 6.59. The van der Waals surface area contributed by atoms with Gasteiger partial charge in [0.25, 0.3) is 0 Å². The number of rotatable bonds is 5. The molecule has 0 heterocycles. The minimum Gasteiger partial charge on any atom is -0.208 e. The average Bonchev–Trinajstić information content (AvgIpc) is 2.23. The third-order valence-corrected chi connectivity index (χ3v) is 4.91. The minimum atomic E-state index is -3.91. The van der Waals surface area contributed by atoms with Gasteiger partial charge in [-0.15, -0.1) is 11.6 Å². The zero-order valence-electron chi connectivity index (χ0n) is 10.3. The van der Waals surface area contributed by atoms with Gasteiger partial charge in [-0.3, -0.25) is 0 Å². The summed E-state index contributed by atoms with van der Waals surface area (Å²) < 4.78 is 40.0. The number of alkyl halides is 1. The summed E-state index contributed by atoms with van der Waals surface area (Å²) in [6.07, 6.45) is 0.439. The van der Waals surface area contributed by atoms with Gasteiger partial charge in [0.05, 0.1) is 10.0 Å². The van der Waals surface area contributed by atoms with Gasteiger partial charge in [-0.2, -0.15) is 0 Å². The Kier molecular flexibility index (Phi) is 5.89. The van der Waals surface area contributed by atoms with Crippen LogP contribution >= 0.6 is 34.8 Å². The lowest BCUT2D eigenvalue weighted by molar-refractivity contribution is 0.544.